The van der Waals surface area contributed by atoms with E-state index in [0.717, 1.165) is 0 Å². The molecule has 0 fully saturated rings. The van der Waals surface area contributed by atoms with Gasteiger partial charge in [0.2, 0.25) is 5.91 Å². The molecule has 120 valence electrons. The van der Waals surface area contributed by atoms with Crippen LogP contribution in [0.2, 0.25) is 0 Å². The molecule has 1 aromatic rings. The van der Waals surface area contributed by atoms with Crippen LogP contribution >= 0.6 is 0 Å². The lowest BCUT2D eigenvalue weighted by atomic mass is 10.1. The van der Waals surface area contributed by atoms with Crippen molar-refractivity contribution in [2.24, 2.45) is 0 Å². The molecule has 6 nitrogen and oxygen atoms in total. The molecule has 0 spiro atoms. The van der Waals surface area contributed by atoms with Gasteiger partial charge in [-0.3, -0.25) is 9.59 Å². The number of phenolic OH excluding ortho intramolecular Hbond substituents is 1. The zero-order valence-electron chi connectivity index (χ0n) is 12.5. The number of hydrogen-bond donors (Lipinski definition) is 1. The third kappa shape index (κ3) is 3.13. The highest BCUT2D eigenvalue weighted by Gasteiger charge is 2.29. The van der Waals surface area contributed by atoms with Gasteiger partial charge < -0.3 is 19.5 Å². The van der Waals surface area contributed by atoms with Crippen molar-refractivity contribution in [3.63, 3.8) is 0 Å². The zero-order valence-corrected chi connectivity index (χ0v) is 12.5. The number of ether oxygens (including phenoxy) is 2. The van der Waals surface area contributed by atoms with Crippen LogP contribution in [-0.4, -0.2) is 35.6 Å². The van der Waals surface area contributed by atoms with E-state index >= 15 is 0 Å². The number of amides is 1. The lowest BCUT2D eigenvalue weighted by Gasteiger charge is -2.14. The molecule has 0 saturated heterocycles. The maximum atomic E-state index is 14.1. The summed E-state index contributed by atoms with van der Waals surface area (Å²) >= 11 is 0. The Morgan fingerprint density at radius 1 is 1.36 bits per heavy atom. The highest BCUT2D eigenvalue weighted by molar-refractivity contribution is 5.82. The van der Waals surface area contributed by atoms with Gasteiger partial charge in [-0.1, -0.05) is 0 Å². The minimum Gasteiger partial charge on any atom is -0.502 e. The summed E-state index contributed by atoms with van der Waals surface area (Å²) in [6.07, 6.45) is 0.00807. The number of rotatable bonds is 5. The predicted molar refractivity (Wildman–Crippen MR) is 74.7 cm³/mol. The predicted octanol–water partition coefficient (Wildman–Crippen LogP) is 1.73. The molecule has 0 unspecified atom stereocenters. The fourth-order valence-corrected chi connectivity index (χ4v) is 2.40. The number of nitrogens with zero attached hydrogens (tertiary/aromatic N) is 1. The van der Waals surface area contributed by atoms with Crippen LogP contribution in [0.5, 0.6) is 11.5 Å². The quantitative estimate of drug-likeness (QED) is 0.838. The molecule has 1 N–H and O–H groups in total. The second-order valence-corrected chi connectivity index (χ2v) is 4.93. The van der Waals surface area contributed by atoms with Gasteiger partial charge in [-0.2, -0.15) is 0 Å². The van der Waals surface area contributed by atoms with Crippen LogP contribution in [0.25, 0.3) is 0 Å². The Kier molecular flexibility index (Phi) is 4.85. The Hall–Kier alpha value is -2.31. The number of phenols is 1. The third-order valence-corrected chi connectivity index (χ3v) is 3.53. The van der Waals surface area contributed by atoms with Crippen molar-refractivity contribution in [2.75, 3.05) is 13.7 Å². The van der Waals surface area contributed by atoms with Crippen molar-refractivity contribution >= 4 is 11.9 Å². The van der Waals surface area contributed by atoms with Gasteiger partial charge in [0.1, 0.15) is 0 Å². The van der Waals surface area contributed by atoms with Gasteiger partial charge in [-0.15, -0.1) is 0 Å². The fraction of sp³-hybridized carbons (Fsp3) is 0.467. The molecule has 1 aliphatic heterocycles. The molecule has 0 aromatic heterocycles. The second kappa shape index (κ2) is 6.64. The maximum Gasteiger partial charge on any atom is 0.306 e. The lowest BCUT2D eigenvalue weighted by Crippen LogP contribution is -2.26. The normalized spacial score (nSPS) is 13.0. The molecule has 1 aliphatic rings. The minimum absolute atomic E-state index is 0.00340. The number of halogens is 1. The third-order valence-electron chi connectivity index (χ3n) is 3.53. The SMILES string of the molecule is CCOC(=O)CCC(=O)N1Cc2cc(OC)c(O)c(F)c2C1. The van der Waals surface area contributed by atoms with Crippen molar-refractivity contribution in [1.29, 1.82) is 0 Å². The van der Waals surface area contributed by atoms with Crippen molar-refractivity contribution in [2.45, 2.75) is 32.9 Å². The summed E-state index contributed by atoms with van der Waals surface area (Å²) in [5, 5.41) is 9.66. The molecule has 0 atom stereocenters. The van der Waals surface area contributed by atoms with Gasteiger partial charge in [0.05, 0.1) is 20.1 Å². The summed E-state index contributed by atoms with van der Waals surface area (Å²) in [6, 6.07) is 1.52. The van der Waals surface area contributed by atoms with Crippen molar-refractivity contribution in [3.05, 3.63) is 23.0 Å². The Balaban J connectivity index is 2.04. The summed E-state index contributed by atoms with van der Waals surface area (Å²) in [5.74, 6) is -1.98. The highest BCUT2D eigenvalue weighted by Crippen LogP contribution is 2.37. The highest BCUT2D eigenvalue weighted by atomic mass is 19.1. The van der Waals surface area contributed by atoms with Gasteiger partial charge in [0, 0.05) is 25.1 Å². The monoisotopic (exact) mass is 311 g/mol. The average Bonchev–Trinajstić information content (AvgIpc) is 2.93. The Labute approximate surface area is 127 Å². The van der Waals surface area contributed by atoms with E-state index in [-0.39, 0.29) is 49.8 Å². The summed E-state index contributed by atoms with van der Waals surface area (Å²) in [6.45, 7) is 2.26. The first-order valence-corrected chi connectivity index (χ1v) is 6.98. The number of hydrogen-bond acceptors (Lipinski definition) is 5. The fourth-order valence-electron chi connectivity index (χ4n) is 2.40. The average molecular weight is 311 g/mol. The van der Waals surface area contributed by atoms with Gasteiger partial charge in [-0.25, -0.2) is 4.39 Å². The van der Waals surface area contributed by atoms with E-state index in [0.29, 0.717) is 5.56 Å². The van der Waals surface area contributed by atoms with Gasteiger partial charge in [0.15, 0.2) is 17.3 Å². The van der Waals surface area contributed by atoms with Gasteiger partial charge in [0.25, 0.3) is 0 Å². The van der Waals surface area contributed by atoms with Crippen LogP contribution in [0.1, 0.15) is 30.9 Å². The smallest absolute Gasteiger partial charge is 0.306 e. The van der Waals surface area contributed by atoms with E-state index in [1.165, 1.54) is 18.1 Å². The van der Waals surface area contributed by atoms with Crippen LogP contribution in [0.4, 0.5) is 4.39 Å². The van der Waals surface area contributed by atoms with E-state index in [1.54, 1.807) is 6.92 Å². The molecule has 0 bridgehead atoms. The van der Waals surface area contributed by atoms with Crippen molar-refractivity contribution in [1.82, 2.24) is 4.90 Å². The first kappa shape index (κ1) is 16.1. The van der Waals surface area contributed by atoms with Crippen LogP contribution in [0.3, 0.4) is 0 Å². The summed E-state index contributed by atoms with van der Waals surface area (Å²) in [4.78, 5) is 24.8. The standard InChI is InChI=1S/C15H18FNO5/c1-3-22-13(19)5-4-12(18)17-7-9-6-11(21-2)15(20)14(16)10(9)8-17/h6,20H,3-5,7-8H2,1-2H3. The largest absolute Gasteiger partial charge is 0.502 e. The summed E-state index contributed by atoms with van der Waals surface area (Å²) < 4.78 is 23.7. The summed E-state index contributed by atoms with van der Waals surface area (Å²) in [5.41, 5.74) is 0.874. The number of esters is 1. The van der Waals surface area contributed by atoms with Crippen molar-refractivity contribution < 1.29 is 28.6 Å². The Bertz CT molecular complexity index is 602. The molecule has 22 heavy (non-hydrogen) atoms. The molecule has 1 heterocycles. The van der Waals surface area contributed by atoms with E-state index in [1.807, 2.05) is 0 Å². The van der Waals surface area contributed by atoms with Gasteiger partial charge >= 0.3 is 5.97 Å². The minimum atomic E-state index is -0.768. The van der Waals surface area contributed by atoms with E-state index in [4.69, 9.17) is 9.47 Å². The first-order chi connectivity index (χ1) is 10.5. The number of fused-ring (bicyclic) bond motifs is 1. The van der Waals surface area contributed by atoms with Crippen molar-refractivity contribution in [3.8, 4) is 11.5 Å². The molecule has 1 aromatic carbocycles. The summed E-state index contributed by atoms with van der Waals surface area (Å²) in [7, 11) is 1.33. The van der Waals surface area contributed by atoms with Crippen LogP contribution in [0.15, 0.2) is 6.07 Å². The second-order valence-electron chi connectivity index (χ2n) is 4.93. The zero-order chi connectivity index (χ0) is 16.3. The van der Waals surface area contributed by atoms with Crippen LogP contribution in [0, 0.1) is 5.82 Å². The molecule has 0 radical (unpaired) electrons. The molecular formula is C15H18FNO5. The van der Waals surface area contributed by atoms with E-state index < -0.39 is 17.5 Å². The van der Waals surface area contributed by atoms with Gasteiger partial charge in [-0.05, 0) is 18.6 Å². The lowest BCUT2D eigenvalue weighted by molar-refractivity contribution is -0.145. The first-order valence-electron chi connectivity index (χ1n) is 6.98. The van der Waals surface area contributed by atoms with Crippen LogP contribution < -0.4 is 4.74 Å². The number of benzene rings is 1. The topological polar surface area (TPSA) is 76.1 Å². The number of aromatic hydroxyl groups is 1. The Morgan fingerprint density at radius 2 is 2.09 bits per heavy atom. The van der Waals surface area contributed by atoms with E-state index in [9.17, 15) is 19.1 Å². The van der Waals surface area contributed by atoms with Crippen LogP contribution in [-0.2, 0) is 27.4 Å². The number of carbonyl (C=O) groups is 2. The van der Waals surface area contributed by atoms with E-state index in [2.05, 4.69) is 0 Å². The Morgan fingerprint density at radius 3 is 2.73 bits per heavy atom. The molecule has 0 aliphatic carbocycles. The molecule has 2 rings (SSSR count). The molecule has 0 saturated carbocycles. The molecular weight excluding hydrogens is 293 g/mol. The number of methoxy groups -OCH3 is 1. The molecule has 7 heteroatoms. The number of carbonyl (C=O) groups excluding carboxylic acids is 2. The molecule has 1 amide bonds. The maximum absolute atomic E-state index is 14.1.